The normalized spacial score (nSPS) is 18.8. The van der Waals surface area contributed by atoms with Crippen molar-refractivity contribution in [2.45, 2.75) is 39.3 Å². The molecular formula is C20H26N2O3. The van der Waals surface area contributed by atoms with Crippen LogP contribution < -0.4 is 5.32 Å². The highest BCUT2D eigenvalue weighted by Gasteiger charge is 2.21. The molecule has 134 valence electrons. The second-order valence-corrected chi connectivity index (χ2v) is 6.55. The van der Waals surface area contributed by atoms with E-state index in [1.54, 1.807) is 0 Å². The monoisotopic (exact) mass is 342 g/mol. The van der Waals surface area contributed by atoms with Crippen molar-refractivity contribution < 1.29 is 14.3 Å². The molecule has 0 spiro atoms. The van der Waals surface area contributed by atoms with Gasteiger partial charge in [0.2, 0.25) is 0 Å². The molecule has 0 aliphatic carbocycles. The van der Waals surface area contributed by atoms with Crippen molar-refractivity contribution >= 4 is 5.91 Å². The van der Waals surface area contributed by atoms with Crippen LogP contribution in [0, 0.1) is 13.8 Å². The van der Waals surface area contributed by atoms with Crippen molar-refractivity contribution in [1.29, 1.82) is 0 Å². The zero-order chi connectivity index (χ0) is 17.8. The second kappa shape index (κ2) is 7.85. The summed E-state index contributed by atoms with van der Waals surface area (Å²) in [5.74, 6) is -0.0466. The minimum Gasteiger partial charge on any atom is -0.355 e. The minimum absolute atomic E-state index is 0.0319. The van der Waals surface area contributed by atoms with E-state index < -0.39 is 0 Å². The van der Waals surface area contributed by atoms with Crippen LogP contribution in [0.1, 0.15) is 46.7 Å². The van der Waals surface area contributed by atoms with Gasteiger partial charge in [-0.15, -0.1) is 0 Å². The van der Waals surface area contributed by atoms with Crippen molar-refractivity contribution in [3.63, 3.8) is 0 Å². The molecular weight excluding hydrogens is 316 g/mol. The molecule has 1 aliphatic heterocycles. The molecule has 0 radical (unpaired) electrons. The lowest BCUT2D eigenvalue weighted by Gasteiger charge is -2.23. The van der Waals surface area contributed by atoms with Crippen LogP contribution in [0.15, 0.2) is 36.4 Å². The number of benzene rings is 1. The molecule has 2 aromatic rings. The Kier molecular flexibility index (Phi) is 5.56. The standard InChI is InChI=1S/C20H26N2O3/c1-14-11-19(20(23)21-12-18-9-10-24-13-25-18)16(3)22(14)15(2)17-7-5-4-6-8-17/h4-8,11,15,18H,9-10,12-13H2,1-3H3,(H,21,23)/t15-,18-/m0/s1. The van der Waals surface area contributed by atoms with Gasteiger partial charge in [-0.1, -0.05) is 30.3 Å². The lowest BCUT2D eigenvalue weighted by Crippen LogP contribution is -2.37. The molecule has 1 fully saturated rings. The molecule has 1 amide bonds. The van der Waals surface area contributed by atoms with E-state index >= 15 is 0 Å². The fourth-order valence-electron chi connectivity index (χ4n) is 3.45. The number of amides is 1. The van der Waals surface area contributed by atoms with E-state index in [4.69, 9.17) is 9.47 Å². The number of carbonyl (C=O) groups is 1. The topological polar surface area (TPSA) is 52.5 Å². The first-order chi connectivity index (χ1) is 12.1. The molecule has 3 rings (SSSR count). The number of rotatable bonds is 5. The van der Waals surface area contributed by atoms with Gasteiger partial charge in [0.1, 0.15) is 6.79 Å². The van der Waals surface area contributed by atoms with E-state index in [1.807, 2.05) is 38.1 Å². The number of hydrogen-bond acceptors (Lipinski definition) is 3. The highest BCUT2D eigenvalue weighted by atomic mass is 16.7. The quantitative estimate of drug-likeness (QED) is 0.908. The molecule has 0 bridgehead atoms. The summed E-state index contributed by atoms with van der Waals surface area (Å²) >= 11 is 0. The molecule has 1 aromatic heterocycles. The first kappa shape index (κ1) is 17.7. The Morgan fingerprint density at radius 1 is 1.32 bits per heavy atom. The lowest BCUT2D eigenvalue weighted by molar-refractivity contribution is -0.136. The maximum atomic E-state index is 12.6. The molecule has 5 heteroatoms. The van der Waals surface area contributed by atoms with Gasteiger partial charge in [0.25, 0.3) is 5.91 Å². The summed E-state index contributed by atoms with van der Waals surface area (Å²) in [5, 5.41) is 3.00. The van der Waals surface area contributed by atoms with E-state index in [2.05, 4.69) is 28.9 Å². The molecule has 25 heavy (non-hydrogen) atoms. The van der Waals surface area contributed by atoms with Gasteiger partial charge < -0.3 is 19.4 Å². The highest BCUT2D eigenvalue weighted by Crippen LogP contribution is 2.25. The van der Waals surface area contributed by atoms with Crippen molar-refractivity contribution in [1.82, 2.24) is 9.88 Å². The van der Waals surface area contributed by atoms with Gasteiger partial charge in [-0.2, -0.15) is 0 Å². The summed E-state index contributed by atoms with van der Waals surface area (Å²) in [6.45, 7) is 7.72. The van der Waals surface area contributed by atoms with Crippen LogP contribution in [-0.4, -0.2) is 36.5 Å². The predicted molar refractivity (Wildman–Crippen MR) is 96.8 cm³/mol. The van der Waals surface area contributed by atoms with Crippen LogP contribution in [0.25, 0.3) is 0 Å². The van der Waals surface area contributed by atoms with Gasteiger partial charge >= 0.3 is 0 Å². The Morgan fingerprint density at radius 3 is 2.76 bits per heavy atom. The molecule has 1 aliphatic rings. The molecule has 5 nitrogen and oxygen atoms in total. The van der Waals surface area contributed by atoms with Crippen LogP contribution in [0.3, 0.4) is 0 Å². The van der Waals surface area contributed by atoms with Crippen LogP contribution in [0.4, 0.5) is 0 Å². The van der Waals surface area contributed by atoms with E-state index in [1.165, 1.54) is 5.56 Å². The van der Waals surface area contributed by atoms with Crippen molar-refractivity contribution in [2.75, 3.05) is 19.9 Å². The molecule has 1 aromatic carbocycles. The van der Waals surface area contributed by atoms with Gasteiger partial charge in [-0.3, -0.25) is 4.79 Å². The van der Waals surface area contributed by atoms with Gasteiger partial charge in [0, 0.05) is 17.9 Å². The third kappa shape index (κ3) is 3.94. The van der Waals surface area contributed by atoms with Crippen LogP contribution in [-0.2, 0) is 9.47 Å². The van der Waals surface area contributed by atoms with Crippen molar-refractivity contribution in [2.24, 2.45) is 0 Å². The summed E-state index contributed by atoms with van der Waals surface area (Å²) in [7, 11) is 0. The molecule has 0 saturated carbocycles. The number of ether oxygens (including phenoxy) is 2. The SMILES string of the molecule is Cc1cc(C(=O)NC[C@@H]2CCOCO2)c(C)n1[C@@H](C)c1ccccc1. The van der Waals surface area contributed by atoms with E-state index in [9.17, 15) is 4.79 Å². The predicted octanol–water partition coefficient (Wildman–Crippen LogP) is 3.21. The third-order valence-corrected chi connectivity index (χ3v) is 4.86. The van der Waals surface area contributed by atoms with Gasteiger partial charge in [0.05, 0.1) is 24.3 Å². The maximum absolute atomic E-state index is 12.6. The third-order valence-electron chi connectivity index (χ3n) is 4.86. The Morgan fingerprint density at radius 2 is 2.08 bits per heavy atom. The molecule has 1 N–H and O–H groups in total. The highest BCUT2D eigenvalue weighted by molar-refractivity contribution is 5.95. The van der Waals surface area contributed by atoms with Crippen molar-refractivity contribution in [3.8, 4) is 0 Å². The van der Waals surface area contributed by atoms with Crippen LogP contribution >= 0.6 is 0 Å². The molecule has 0 unspecified atom stereocenters. The first-order valence-corrected chi connectivity index (χ1v) is 8.79. The van der Waals surface area contributed by atoms with Crippen molar-refractivity contribution in [3.05, 3.63) is 58.9 Å². The number of carbonyl (C=O) groups excluding carboxylic acids is 1. The Balaban J connectivity index is 1.73. The van der Waals surface area contributed by atoms with Gasteiger partial charge in [-0.25, -0.2) is 0 Å². The average Bonchev–Trinajstić information content (AvgIpc) is 2.95. The van der Waals surface area contributed by atoms with Crippen LogP contribution in [0.5, 0.6) is 0 Å². The fourth-order valence-corrected chi connectivity index (χ4v) is 3.45. The summed E-state index contributed by atoms with van der Waals surface area (Å²) < 4.78 is 12.9. The first-order valence-electron chi connectivity index (χ1n) is 8.79. The Hall–Kier alpha value is -2.11. The number of aryl methyl sites for hydroxylation is 1. The summed E-state index contributed by atoms with van der Waals surface area (Å²) in [5.41, 5.74) is 4.03. The minimum atomic E-state index is -0.0466. The Labute approximate surface area is 148 Å². The van der Waals surface area contributed by atoms with E-state index in [0.29, 0.717) is 19.9 Å². The summed E-state index contributed by atoms with van der Waals surface area (Å²) in [6, 6.07) is 12.5. The average molecular weight is 342 g/mol. The number of hydrogen-bond donors (Lipinski definition) is 1. The number of aromatic nitrogens is 1. The number of nitrogens with one attached hydrogen (secondary N) is 1. The summed E-state index contributed by atoms with van der Waals surface area (Å²) in [4.78, 5) is 12.6. The van der Waals surface area contributed by atoms with E-state index in [0.717, 1.165) is 23.4 Å². The van der Waals surface area contributed by atoms with Crippen LogP contribution in [0.2, 0.25) is 0 Å². The molecule has 2 heterocycles. The lowest BCUT2D eigenvalue weighted by atomic mass is 10.1. The molecule has 2 atom stereocenters. The Bertz CT molecular complexity index is 718. The summed E-state index contributed by atoms with van der Waals surface area (Å²) in [6.07, 6.45) is 0.842. The number of nitrogens with zero attached hydrogens (tertiary/aromatic N) is 1. The fraction of sp³-hybridized carbons (Fsp3) is 0.450. The molecule has 1 saturated heterocycles. The van der Waals surface area contributed by atoms with Gasteiger partial charge in [-0.05, 0) is 38.8 Å². The zero-order valence-corrected chi connectivity index (χ0v) is 15.1. The maximum Gasteiger partial charge on any atom is 0.253 e. The van der Waals surface area contributed by atoms with E-state index in [-0.39, 0.29) is 18.1 Å². The zero-order valence-electron chi connectivity index (χ0n) is 15.1. The largest absolute Gasteiger partial charge is 0.355 e. The van der Waals surface area contributed by atoms with Gasteiger partial charge in [0.15, 0.2) is 0 Å². The smallest absolute Gasteiger partial charge is 0.253 e. The second-order valence-electron chi connectivity index (χ2n) is 6.55.